The molecule has 0 saturated heterocycles. The lowest BCUT2D eigenvalue weighted by atomic mass is 10.0. The second-order valence-corrected chi connectivity index (χ2v) is 5.62. The second kappa shape index (κ2) is 5.60. The Morgan fingerprint density at radius 3 is 2.95 bits per heavy atom. The average molecular weight is 284 g/mol. The summed E-state index contributed by atoms with van der Waals surface area (Å²) in [6.07, 6.45) is 2.87. The lowest BCUT2D eigenvalue weighted by Crippen LogP contribution is -2.16. The molecule has 2 aromatic rings. The van der Waals surface area contributed by atoms with Crippen LogP contribution >= 0.6 is 0 Å². The van der Waals surface area contributed by atoms with Crippen LogP contribution in [0.4, 0.5) is 11.6 Å². The van der Waals surface area contributed by atoms with E-state index in [1.54, 1.807) is 0 Å². The number of nitrogens with one attached hydrogen (secondary N) is 2. The van der Waals surface area contributed by atoms with Crippen LogP contribution in [-0.2, 0) is 6.54 Å². The van der Waals surface area contributed by atoms with Gasteiger partial charge in [-0.05, 0) is 24.0 Å². The molecule has 0 saturated carbocycles. The summed E-state index contributed by atoms with van der Waals surface area (Å²) in [5.41, 5.74) is 2.45. The van der Waals surface area contributed by atoms with E-state index in [9.17, 15) is 4.79 Å². The van der Waals surface area contributed by atoms with E-state index in [1.807, 2.05) is 35.0 Å². The lowest BCUT2D eigenvalue weighted by Gasteiger charge is -2.14. The van der Waals surface area contributed by atoms with Gasteiger partial charge in [-0.15, -0.1) is 0 Å². The summed E-state index contributed by atoms with van der Waals surface area (Å²) in [6.45, 7) is 6.05. The number of aromatic nitrogens is 2. The highest BCUT2D eigenvalue weighted by molar-refractivity contribution is 6.03. The van der Waals surface area contributed by atoms with Crippen LogP contribution in [0.15, 0.2) is 30.5 Å². The van der Waals surface area contributed by atoms with E-state index >= 15 is 0 Å². The number of carbonyl (C=O) groups excluding carboxylic acids is 1. The molecule has 110 valence electrons. The standard InChI is InChI=1S/C16H20N4O/c1-11(2)12-6-3-4-7-13(12)18-15(21)14-10-20-9-5-8-17-16(20)19-14/h3-4,6-7,10-11H,5,8-9H2,1-2H3,(H,17,19)(H,18,21). The van der Waals surface area contributed by atoms with Crippen LogP contribution in [0, 0.1) is 0 Å². The Morgan fingerprint density at radius 1 is 1.38 bits per heavy atom. The SMILES string of the molecule is CC(C)c1ccccc1NC(=O)c1cn2c(n1)NCCC2. The normalized spacial score (nSPS) is 13.7. The number of carbonyl (C=O) groups is 1. The summed E-state index contributed by atoms with van der Waals surface area (Å²) in [4.78, 5) is 16.8. The number of nitrogens with zero attached hydrogens (tertiary/aromatic N) is 2. The van der Waals surface area contributed by atoms with Crippen molar-refractivity contribution < 1.29 is 4.79 Å². The van der Waals surface area contributed by atoms with E-state index in [0.29, 0.717) is 11.6 Å². The van der Waals surface area contributed by atoms with Gasteiger partial charge in [0.05, 0.1) is 0 Å². The molecule has 1 aliphatic rings. The number of hydrogen-bond donors (Lipinski definition) is 2. The minimum Gasteiger partial charge on any atom is -0.356 e. The smallest absolute Gasteiger partial charge is 0.275 e. The first-order valence-corrected chi connectivity index (χ1v) is 7.36. The van der Waals surface area contributed by atoms with E-state index in [0.717, 1.165) is 36.7 Å². The van der Waals surface area contributed by atoms with Gasteiger partial charge in [-0.1, -0.05) is 32.0 Å². The Kier molecular flexibility index (Phi) is 3.64. The van der Waals surface area contributed by atoms with Crippen LogP contribution in [0.3, 0.4) is 0 Å². The Balaban J connectivity index is 1.82. The van der Waals surface area contributed by atoms with Crippen molar-refractivity contribution in [2.45, 2.75) is 32.7 Å². The predicted octanol–water partition coefficient (Wildman–Crippen LogP) is 3.07. The molecule has 5 heteroatoms. The van der Waals surface area contributed by atoms with E-state index in [2.05, 4.69) is 29.5 Å². The van der Waals surface area contributed by atoms with Gasteiger partial charge in [-0.25, -0.2) is 4.98 Å². The predicted molar refractivity (Wildman–Crippen MR) is 83.8 cm³/mol. The first kappa shape index (κ1) is 13.7. The van der Waals surface area contributed by atoms with E-state index in [-0.39, 0.29) is 5.91 Å². The van der Waals surface area contributed by atoms with Gasteiger partial charge in [-0.2, -0.15) is 0 Å². The quantitative estimate of drug-likeness (QED) is 0.910. The Labute approximate surface area is 124 Å². The van der Waals surface area contributed by atoms with Crippen molar-refractivity contribution in [3.05, 3.63) is 41.7 Å². The van der Waals surface area contributed by atoms with Gasteiger partial charge in [0.2, 0.25) is 5.95 Å². The molecule has 5 nitrogen and oxygen atoms in total. The molecular weight excluding hydrogens is 264 g/mol. The molecular formula is C16H20N4O. The van der Waals surface area contributed by atoms with Crippen molar-refractivity contribution in [3.63, 3.8) is 0 Å². The molecule has 3 rings (SSSR count). The zero-order valence-corrected chi connectivity index (χ0v) is 12.4. The number of aryl methyl sites for hydroxylation is 1. The maximum absolute atomic E-state index is 12.4. The molecule has 1 aromatic carbocycles. The molecule has 0 spiro atoms. The monoisotopic (exact) mass is 284 g/mol. The maximum Gasteiger partial charge on any atom is 0.275 e. The lowest BCUT2D eigenvalue weighted by molar-refractivity contribution is 0.102. The number of hydrogen-bond acceptors (Lipinski definition) is 3. The fourth-order valence-corrected chi connectivity index (χ4v) is 2.59. The van der Waals surface area contributed by atoms with Crippen LogP contribution in [0.1, 0.15) is 42.2 Å². The summed E-state index contributed by atoms with van der Waals surface area (Å²) < 4.78 is 1.99. The van der Waals surface area contributed by atoms with Gasteiger partial charge in [0.25, 0.3) is 5.91 Å². The van der Waals surface area contributed by atoms with Crippen LogP contribution in [0.2, 0.25) is 0 Å². The molecule has 0 unspecified atom stereocenters. The number of fused-ring (bicyclic) bond motifs is 1. The second-order valence-electron chi connectivity index (χ2n) is 5.62. The molecule has 21 heavy (non-hydrogen) atoms. The Morgan fingerprint density at radius 2 is 2.19 bits per heavy atom. The molecule has 1 amide bonds. The van der Waals surface area contributed by atoms with Gasteiger partial charge in [0, 0.05) is 25.0 Å². The molecule has 2 N–H and O–H groups in total. The van der Waals surface area contributed by atoms with Crippen LogP contribution in [-0.4, -0.2) is 22.0 Å². The summed E-state index contributed by atoms with van der Waals surface area (Å²) in [5, 5.41) is 6.18. The van der Waals surface area contributed by atoms with E-state index < -0.39 is 0 Å². The van der Waals surface area contributed by atoms with E-state index in [1.165, 1.54) is 0 Å². The topological polar surface area (TPSA) is 59.0 Å². The third-order valence-corrected chi connectivity index (χ3v) is 3.70. The third-order valence-electron chi connectivity index (χ3n) is 3.70. The van der Waals surface area contributed by atoms with Crippen molar-refractivity contribution in [2.75, 3.05) is 17.2 Å². The van der Waals surface area contributed by atoms with Crippen molar-refractivity contribution >= 4 is 17.5 Å². The fraction of sp³-hybridized carbons (Fsp3) is 0.375. The largest absolute Gasteiger partial charge is 0.356 e. The number of amides is 1. The zero-order valence-electron chi connectivity index (χ0n) is 12.4. The first-order chi connectivity index (χ1) is 10.1. The van der Waals surface area contributed by atoms with Crippen molar-refractivity contribution in [3.8, 4) is 0 Å². The molecule has 0 atom stereocenters. The van der Waals surface area contributed by atoms with Crippen LogP contribution < -0.4 is 10.6 Å². The highest BCUT2D eigenvalue weighted by Crippen LogP contribution is 2.24. The summed E-state index contributed by atoms with van der Waals surface area (Å²) in [7, 11) is 0. The van der Waals surface area contributed by atoms with Crippen molar-refractivity contribution in [2.24, 2.45) is 0 Å². The van der Waals surface area contributed by atoms with Gasteiger partial charge >= 0.3 is 0 Å². The Bertz CT molecular complexity index is 637. The molecule has 1 aliphatic heterocycles. The first-order valence-electron chi connectivity index (χ1n) is 7.36. The average Bonchev–Trinajstić information content (AvgIpc) is 2.91. The molecule has 0 radical (unpaired) electrons. The van der Waals surface area contributed by atoms with Gasteiger partial charge in [0.15, 0.2) is 0 Å². The molecule has 0 bridgehead atoms. The third kappa shape index (κ3) is 2.77. The number of anilines is 2. The van der Waals surface area contributed by atoms with Crippen molar-refractivity contribution in [1.82, 2.24) is 9.55 Å². The summed E-state index contributed by atoms with van der Waals surface area (Å²) in [6, 6.07) is 7.90. The molecule has 1 aromatic heterocycles. The van der Waals surface area contributed by atoms with Crippen LogP contribution in [0.5, 0.6) is 0 Å². The van der Waals surface area contributed by atoms with Crippen molar-refractivity contribution in [1.29, 1.82) is 0 Å². The summed E-state index contributed by atoms with van der Waals surface area (Å²) in [5.74, 6) is 0.980. The number of imidazole rings is 1. The molecule has 2 heterocycles. The van der Waals surface area contributed by atoms with Gasteiger partial charge < -0.3 is 15.2 Å². The zero-order chi connectivity index (χ0) is 14.8. The van der Waals surface area contributed by atoms with Gasteiger partial charge in [0.1, 0.15) is 5.69 Å². The highest BCUT2D eigenvalue weighted by atomic mass is 16.1. The van der Waals surface area contributed by atoms with Crippen LogP contribution in [0.25, 0.3) is 0 Å². The number of para-hydroxylation sites is 1. The minimum atomic E-state index is -0.160. The molecule has 0 aliphatic carbocycles. The maximum atomic E-state index is 12.4. The van der Waals surface area contributed by atoms with Gasteiger partial charge in [-0.3, -0.25) is 4.79 Å². The molecule has 0 fully saturated rings. The highest BCUT2D eigenvalue weighted by Gasteiger charge is 2.17. The number of rotatable bonds is 3. The fourth-order valence-electron chi connectivity index (χ4n) is 2.59. The summed E-state index contributed by atoms with van der Waals surface area (Å²) >= 11 is 0. The number of benzene rings is 1. The van der Waals surface area contributed by atoms with E-state index in [4.69, 9.17) is 0 Å². The minimum absolute atomic E-state index is 0.160. The Hall–Kier alpha value is -2.30.